The largest absolute Gasteiger partial charge is 0.496 e. The number of ether oxygens (including phenoxy) is 2. The first kappa shape index (κ1) is 26.0. The molecule has 1 saturated heterocycles. The lowest BCUT2D eigenvalue weighted by Gasteiger charge is -2.31. The first-order valence-corrected chi connectivity index (χ1v) is 12.8. The van der Waals surface area contributed by atoms with Crippen LogP contribution in [0.1, 0.15) is 38.3 Å². The zero-order valence-corrected chi connectivity index (χ0v) is 21.4. The van der Waals surface area contributed by atoms with E-state index in [1.165, 1.54) is 18.2 Å². The lowest BCUT2D eigenvalue weighted by atomic mass is 9.83. The summed E-state index contributed by atoms with van der Waals surface area (Å²) >= 11 is 0. The van der Waals surface area contributed by atoms with E-state index in [0.29, 0.717) is 28.3 Å². The predicted molar refractivity (Wildman–Crippen MR) is 135 cm³/mol. The van der Waals surface area contributed by atoms with Crippen LogP contribution in [0.5, 0.6) is 11.5 Å². The van der Waals surface area contributed by atoms with E-state index in [4.69, 9.17) is 9.47 Å². The predicted octanol–water partition coefficient (Wildman–Crippen LogP) is 3.00. The first-order valence-electron chi connectivity index (χ1n) is 10.9. The molecule has 0 spiro atoms. The SMILES string of the molecule is COc1ccc(-c2cc(N3CCC(=O)NC3=O)cc(C(C)(C)C)c2OC)cc1C=NNS(C)(=O)=O. The Morgan fingerprint density at radius 3 is 2.40 bits per heavy atom. The third-order valence-electron chi connectivity index (χ3n) is 5.41. The third-order valence-corrected chi connectivity index (χ3v) is 5.85. The number of hydrazone groups is 1. The molecular formula is C24H30N4O6S. The van der Waals surface area contributed by atoms with Gasteiger partial charge in [-0.1, -0.05) is 26.8 Å². The van der Waals surface area contributed by atoms with E-state index in [0.717, 1.165) is 17.4 Å². The molecule has 11 heteroatoms. The molecule has 0 aliphatic carbocycles. The Bertz CT molecular complexity index is 1280. The van der Waals surface area contributed by atoms with Crippen molar-refractivity contribution in [1.29, 1.82) is 0 Å². The van der Waals surface area contributed by atoms with Gasteiger partial charge in [-0.05, 0) is 35.2 Å². The molecule has 0 bridgehead atoms. The summed E-state index contributed by atoms with van der Waals surface area (Å²) in [6.07, 6.45) is 2.56. The number of benzene rings is 2. The van der Waals surface area contributed by atoms with Crippen LogP contribution in [0, 0.1) is 0 Å². The van der Waals surface area contributed by atoms with Crippen molar-refractivity contribution in [2.45, 2.75) is 32.6 Å². The number of amides is 3. The summed E-state index contributed by atoms with van der Waals surface area (Å²) in [4.78, 5) is 27.8. The zero-order valence-electron chi connectivity index (χ0n) is 20.6. The van der Waals surface area contributed by atoms with Gasteiger partial charge < -0.3 is 9.47 Å². The van der Waals surface area contributed by atoms with Gasteiger partial charge in [-0.3, -0.25) is 15.0 Å². The number of anilines is 1. The normalized spacial score (nSPS) is 14.7. The summed E-state index contributed by atoms with van der Waals surface area (Å²) in [6.45, 7) is 6.39. The number of carbonyl (C=O) groups is 2. The Morgan fingerprint density at radius 2 is 1.83 bits per heavy atom. The number of urea groups is 1. The van der Waals surface area contributed by atoms with Crippen LogP contribution in [0.4, 0.5) is 10.5 Å². The van der Waals surface area contributed by atoms with Gasteiger partial charge in [-0.2, -0.15) is 5.10 Å². The molecule has 1 fully saturated rings. The fraction of sp³-hybridized carbons (Fsp3) is 0.375. The molecule has 0 unspecified atom stereocenters. The van der Waals surface area contributed by atoms with Gasteiger partial charge in [0.25, 0.3) is 0 Å². The van der Waals surface area contributed by atoms with Crippen LogP contribution in [-0.4, -0.2) is 53.6 Å². The molecule has 1 aliphatic rings. The molecule has 35 heavy (non-hydrogen) atoms. The number of imide groups is 1. The maximum absolute atomic E-state index is 12.6. The molecule has 2 aromatic carbocycles. The van der Waals surface area contributed by atoms with E-state index >= 15 is 0 Å². The fourth-order valence-electron chi connectivity index (χ4n) is 3.77. The third kappa shape index (κ3) is 6.10. The summed E-state index contributed by atoms with van der Waals surface area (Å²) in [5.41, 5.74) is 3.17. The van der Waals surface area contributed by atoms with E-state index in [1.54, 1.807) is 19.2 Å². The summed E-state index contributed by atoms with van der Waals surface area (Å²) in [6, 6.07) is 8.63. The van der Waals surface area contributed by atoms with E-state index < -0.39 is 16.1 Å². The molecule has 0 atom stereocenters. The number of hydrogen-bond acceptors (Lipinski definition) is 7. The smallest absolute Gasteiger partial charge is 0.328 e. The number of nitrogens with one attached hydrogen (secondary N) is 2. The molecular weight excluding hydrogens is 472 g/mol. The van der Waals surface area contributed by atoms with Crippen molar-refractivity contribution in [2.75, 3.05) is 31.9 Å². The lowest BCUT2D eigenvalue weighted by molar-refractivity contribution is -0.120. The van der Waals surface area contributed by atoms with Gasteiger partial charge >= 0.3 is 6.03 Å². The number of nitrogens with zero attached hydrogens (tertiary/aromatic N) is 2. The van der Waals surface area contributed by atoms with E-state index in [-0.39, 0.29) is 24.3 Å². The summed E-state index contributed by atoms with van der Waals surface area (Å²) in [5.74, 6) is 0.822. The molecule has 1 aliphatic heterocycles. The summed E-state index contributed by atoms with van der Waals surface area (Å²) in [5, 5.41) is 6.16. The average Bonchev–Trinajstić information content (AvgIpc) is 2.76. The minimum absolute atomic E-state index is 0.203. The summed E-state index contributed by atoms with van der Waals surface area (Å²) in [7, 11) is -0.421. The second kappa shape index (κ2) is 9.95. The summed E-state index contributed by atoms with van der Waals surface area (Å²) < 4.78 is 34.0. The molecule has 2 N–H and O–H groups in total. The van der Waals surface area contributed by atoms with E-state index in [1.807, 2.05) is 39.0 Å². The first-order chi connectivity index (χ1) is 16.3. The standard InChI is InChI=1S/C24H30N4O6S/c1-24(2,3)19-13-17(28-10-9-21(29)26-23(28)30)12-18(22(19)34-5)15-7-8-20(33-4)16(11-15)14-25-27-35(6,31)32/h7-8,11-14,27H,9-10H2,1-6H3,(H,26,29,30). The van der Waals surface area contributed by atoms with E-state index in [9.17, 15) is 18.0 Å². The highest BCUT2D eigenvalue weighted by atomic mass is 32.2. The van der Waals surface area contributed by atoms with Gasteiger partial charge in [0.1, 0.15) is 11.5 Å². The quantitative estimate of drug-likeness (QED) is 0.443. The van der Waals surface area contributed by atoms with Crippen LogP contribution >= 0.6 is 0 Å². The van der Waals surface area contributed by atoms with Gasteiger partial charge in [0.2, 0.25) is 15.9 Å². The van der Waals surface area contributed by atoms with Crippen LogP contribution < -0.4 is 24.5 Å². The Hall–Kier alpha value is -3.60. The van der Waals surface area contributed by atoms with Crippen LogP contribution in [0.3, 0.4) is 0 Å². The minimum atomic E-state index is -3.51. The van der Waals surface area contributed by atoms with Crippen molar-refractivity contribution < 1.29 is 27.5 Å². The second-order valence-corrected chi connectivity index (χ2v) is 10.9. The second-order valence-electron chi connectivity index (χ2n) is 9.16. The maximum atomic E-state index is 12.6. The van der Waals surface area contributed by atoms with Crippen molar-refractivity contribution >= 4 is 33.9 Å². The van der Waals surface area contributed by atoms with Crippen LogP contribution in [0.25, 0.3) is 11.1 Å². The van der Waals surface area contributed by atoms with Crippen molar-refractivity contribution in [2.24, 2.45) is 5.10 Å². The Kier molecular flexibility index (Phi) is 7.39. The number of rotatable bonds is 7. The highest BCUT2D eigenvalue weighted by Gasteiger charge is 2.29. The fourth-order valence-corrected chi connectivity index (χ4v) is 4.01. The Balaban J connectivity index is 2.20. The number of methoxy groups -OCH3 is 2. The van der Waals surface area contributed by atoms with Gasteiger partial charge in [-0.15, -0.1) is 0 Å². The molecule has 0 saturated carbocycles. The Labute approximate surface area is 205 Å². The number of hydrogen-bond donors (Lipinski definition) is 2. The molecule has 0 radical (unpaired) electrons. The highest BCUT2D eigenvalue weighted by molar-refractivity contribution is 7.88. The van der Waals surface area contributed by atoms with Crippen molar-refractivity contribution in [3.05, 3.63) is 41.5 Å². The van der Waals surface area contributed by atoms with Gasteiger partial charge in [-0.25, -0.2) is 18.0 Å². The van der Waals surface area contributed by atoms with Gasteiger partial charge in [0.05, 0.1) is 26.7 Å². The van der Waals surface area contributed by atoms with Crippen molar-refractivity contribution in [1.82, 2.24) is 10.1 Å². The molecule has 1 heterocycles. The van der Waals surface area contributed by atoms with Crippen LogP contribution in [-0.2, 0) is 20.2 Å². The minimum Gasteiger partial charge on any atom is -0.496 e. The molecule has 3 rings (SSSR count). The van der Waals surface area contributed by atoms with Gasteiger partial charge in [0, 0.05) is 35.3 Å². The van der Waals surface area contributed by atoms with Crippen LogP contribution in [0.2, 0.25) is 0 Å². The highest BCUT2D eigenvalue weighted by Crippen LogP contribution is 2.43. The molecule has 188 valence electrons. The van der Waals surface area contributed by atoms with Crippen molar-refractivity contribution in [3.8, 4) is 22.6 Å². The number of carbonyl (C=O) groups excluding carboxylic acids is 2. The topological polar surface area (TPSA) is 126 Å². The molecule has 0 aromatic heterocycles. The molecule has 10 nitrogen and oxygen atoms in total. The molecule has 3 amide bonds. The average molecular weight is 503 g/mol. The zero-order chi connectivity index (χ0) is 26.0. The van der Waals surface area contributed by atoms with E-state index in [2.05, 4.69) is 15.2 Å². The lowest BCUT2D eigenvalue weighted by Crippen LogP contribution is -2.49. The maximum Gasteiger partial charge on any atom is 0.328 e. The Morgan fingerprint density at radius 1 is 1.11 bits per heavy atom. The molecule has 2 aromatic rings. The monoisotopic (exact) mass is 502 g/mol. The van der Waals surface area contributed by atoms with Crippen LogP contribution in [0.15, 0.2) is 35.4 Å². The van der Waals surface area contributed by atoms with Gasteiger partial charge in [0.15, 0.2) is 0 Å². The number of sulfonamides is 1. The van der Waals surface area contributed by atoms with Crippen molar-refractivity contribution in [3.63, 3.8) is 0 Å².